The molecule has 0 amide bonds. The third-order valence-corrected chi connectivity index (χ3v) is 4.02. The molecule has 0 saturated heterocycles. The molecule has 0 aliphatic rings. The van der Waals surface area contributed by atoms with Crippen molar-refractivity contribution in [1.29, 1.82) is 0 Å². The third-order valence-electron chi connectivity index (χ3n) is 3.48. The number of carbonyl (C=O) groups is 1. The molecule has 1 unspecified atom stereocenters. The first-order valence-corrected chi connectivity index (χ1v) is 6.79. The second-order valence-corrected chi connectivity index (χ2v) is 5.32. The molecule has 106 valence electrons. The Morgan fingerprint density at radius 2 is 1.95 bits per heavy atom. The topological polar surface area (TPSA) is 55.1 Å². The summed E-state index contributed by atoms with van der Waals surface area (Å²) in [6.45, 7) is 6.12. The smallest absolute Gasteiger partial charge is 0.310 e. The summed E-state index contributed by atoms with van der Waals surface area (Å²) in [6.07, 6.45) is 0. The first-order chi connectivity index (χ1) is 9.40. The summed E-state index contributed by atoms with van der Waals surface area (Å²) in [5.41, 5.74) is 3.62. The maximum absolute atomic E-state index is 10.9. The molecule has 0 saturated carbocycles. The van der Waals surface area contributed by atoms with E-state index in [4.69, 9.17) is 16.7 Å². The van der Waals surface area contributed by atoms with Gasteiger partial charge in [0.1, 0.15) is 0 Å². The van der Waals surface area contributed by atoms with Gasteiger partial charge in [0.25, 0.3) is 0 Å². The molecule has 20 heavy (non-hydrogen) atoms. The van der Waals surface area contributed by atoms with E-state index in [1.54, 1.807) is 6.92 Å². The molecule has 0 spiro atoms. The minimum absolute atomic E-state index is 0.493. The summed E-state index contributed by atoms with van der Waals surface area (Å²) in [4.78, 5) is 10.9. The van der Waals surface area contributed by atoms with Crippen molar-refractivity contribution in [2.45, 2.75) is 33.2 Å². The Kier molecular flexibility index (Phi) is 4.14. The van der Waals surface area contributed by atoms with Crippen LogP contribution in [0.15, 0.2) is 24.3 Å². The second kappa shape index (κ2) is 5.67. The van der Waals surface area contributed by atoms with Crippen molar-refractivity contribution < 1.29 is 9.90 Å². The average molecular weight is 293 g/mol. The monoisotopic (exact) mass is 292 g/mol. The first-order valence-electron chi connectivity index (χ1n) is 6.41. The van der Waals surface area contributed by atoms with Gasteiger partial charge in [-0.2, -0.15) is 5.10 Å². The predicted octanol–water partition coefficient (Wildman–Crippen LogP) is 3.39. The zero-order chi connectivity index (χ0) is 14.9. The van der Waals surface area contributed by atoms with Crippen LogP contribution < -0.4 is 0 Å². The number of nitrogens with zero attached hydrogens (tertiary/aromatic N) is 2. The van der Waals surface area contributed by atoms with E-state index in [9.17, 15) is 4.79 Å². The van der Waals surface area contributed by atoms with Gasteiger partial charge in [0.15, 0.2) is 0 Å². The van der Waals surface area contributed by atoms with Gasteiger partial charge < -0.3 is 5.11 Å². The maximum atomic E-state index is 10.9. The summed E-state index contributed by atoms with van der Waals surface area (Å²) in [5, 5.41) is 14.1. The van der Waals surface area contributed by atoms with Gasteiger partial charge in [-0.05, 0) is 31.9 Å². The van der Waals surface area contributed by atoms with E-state index in [2.05, 4.69) is 5.10 Å². The van der Waals surface area contributed by atoms with Gasteiger partial charge in [-0.15, -0.1) is 0 Å². The van der Waals surface area contributed by atoms with Gasteiger partial charge in [0, 0.05) is 0 Å². The number of benzene rings is 1. The zero-order valence-corrected chi connectivity index (χ0v) is 12.5. The average Bonchev–Trinajstić information content (AvgIpc) is 2.66. The number of carboxylic acid groups (broad SMARTS) is 1. The quantitative estimate of drug-likeness (QED) is 0.940. The summed E-state index contributed by atoms with van der Waals surface area (Å²) >= 11 is 6.12. The van der Waals surface area contributed by atoms with Crippen molar-refractivity contribution in [2.24, 2.45) is 0 Å². The van der Waals surface area contributed by atoms with Crippen molar-refractivity contribution in [3.8, 4) is 0 Å². The van der Waals surface area contributed by atoms with Crippen molar-refractivity contribution >= 4 is 17.6 Å². The minimum Gasteiger partial charge on any atom is -0.481 e. The first kappa shape index (κ1) is 14.6. The van der Waals surface area contributed by atoms with Gasteiger partial charge in [0.2, 0.25) is 0 Å². The van der Waals surface area contributed by atoms with Crippen LogP contribution >= 0.6 is 11.6 Å². The Hall–Kier alpha value is -1.81. The van der Waals surface area contributed by atoms with E-state index in [1.165, 1.54) is 0 Å². The van der Waals surface area contributed by atoms with Gasteiger partial charge in [-0.25, -0.2) is 0 Å². The number of halogens is 1. The fourth-order valence-corrected chi connectivity index (χ4v) is 2.19. The molecular formula is C15H17ClN2O2. The molecule has 1 aromatic heterocycles. The van der Waals surface area contributed by atoms with Gasteiger partial charge >= 0.3 is 5.97 Å². The van der Waals surface area contributed by atoms with Gasteiger partial charge in [-0.1, -0.05) is 35.9 Å². The lowest BCUT2D eigenvalue weighted by atomic mass is 10.0. The van der Waals surface area contributed by atoms with E-state index >= 15 is 0 Å². The Balaban J connectivity index is 2.19. The third kappa shape index (κ3) is 2.85. The molecule has 5 heteroatoms. The highest BCUT2D eigenvalue weighted by Gasteiger charge is 2.13. The molecule has 1 heterocycles. The molecule has 0 bridgehead atoms. The minimum atomic E-state index is -0.817. The van der Waals surface area contributed by atoms with Crippen molar-refractivity contribution in [3.05, 3.63) is 51.8 Å². The van der Waals surface area contributed by atoms with E-state index in [-0.39, 0.29) is 0 Å². The number of carboxylic acids is 1. The second-order valence-electron chi connectivity index (χ2n) is 4.94. The van der Waals surface area contributed by atoms with Crippen LogP contribution in [0, 0.1) is 13.8 Å². The van der Waals surface area contributed by atoms with Crippen LogP contribution in [0.1, 0.15) is 35.4 Å². The lowest BCUT2D eigenvalue weighted by molar-refractivity contribution is -0.138. The molecule has 1 N–H and O–H groups in total. The number of aliphatic carboxylic acids is 1. The highest BCUT2D eigenvalue weighted by atomic mass is 35.5. The van der Waals surface area contributed by atoms with Gasteiger partial charge in [-0.3, -0.25) is 9.48 Å². The molecular weight excluding hydrogens is 276 g/mol. The number of rotatable bonds is 4. The number of aromatic nitrogens is 2. The Morgan fingerprint density at radius 1 is 1.35 bits per heavy atom. The Bertz CT molecular complexity index is 632. The molecule has 2 rings (SSSR count). The van der Waals surface area contributed by atoms with Crippen LogP contribution in [0.2, 0.25) is 5.02 Å². The normalized spacial score (nSPS) is 12.4. The molecule has 0 fully saturated rings. The SMILES string of the molecule is Cc1nn(Cc2ccc(C(C)C(=O)O)cc2)c(C)c1Cl. The molecule has 1 aromatic carbocycles. The zero-order valence-electron chi connectivity index (χ0n) is 11.7. The van der Waals surface area contributed by atoms with Crippen LogP contribution in [-0.4, -0.2) is 20.9 Å². The molecule has 1 atom stereocenters. The summed E-state index contributed by atoms with van der Waals surface area (Å²) in [6, 6.07) is 7.56. The lowest BCUT2D eigenvalue weighted by Gasteiger charge is -2.09. The summed E-state index contributed by atoms with van der Waals surface area (Å²) < 4.78 is 1.85. The molecule has 0 aliphatic heterocycles. The van der Waals surface area contributed by atoms with E-state index in [1.807, 2.05) is 42.8 Å². The number of aryl methyl sites for hydroxylation is 1. The summed E-state index contributed by atoms with van der Waals surface area (Å²) in [5.74, 6) is -1.31. The predicted molar refractivity (Wildman–Crippen MR) is 78.3 cm³/mol. The van der Waals surface area contributed by atoms with Crippen LogP contribution in [-0.2, 0) is 11.3 Å². The van der Waals surface area contributed by atoms with E-state index in [0.717, 1.165) is 22.5 Å². The van der Waals surface area contributed by atoms with Crippen LogP contribution in [0.4, 0.5) is 0 Å². The highest BCUT2D eigenvalue weighted by Crippen LogP contribution is 2.21. The van der Waals surface area contributed by atoms with Crippen LogP contribution in [0.5, 0.6) is 0 Å². The van der Waals surface area contributed by atoms with Crippen molar-refractivity contribution in [1.82, 2.24) is 9.78 Å². The van der Waals surface area contributed by atoms with E-state index in [0.29, 0.717) is 11.6 Å². The molecule has 0 aliphatic carbocycles. The Morgan fingerprint density at radius 3 is 2.40 bits per heavy atom. The largest absolute Gasteiger partial charge is 0.481 e. The number of hydrogen-bond acceptors (Lipinski definition) is 2. The molecule has 0 radical (unpaired) electrons. The van der Waals surface area contributed by atoms with Crippen LogP contribution in [0.25, 0.3) is 0 Å². The lowest BCUT2D eigenvalue weighted by Crippen LogP contribution is -2.08. The van der Waals surface area contributed by atoms with Crippen LogP contribution in [0.3, 0.4) is 0 Å². The fourth-order valence-electron chi connectivity index (χ4n) is 2.06. The van der Waals surface area contributed by atoms with Gasteiger partial charge in [0.05, 0.1) is 28.9 Å². The fraction of sp³-hybridized carbons (Fsp3) is 0.333. The number of hydrogen-bond donors (Lipinski definition) is 1. The van der Waals surface area contributed by atoms with Crippen molar-refractivity contribution in [2.75, 3.05) is 0 Å². The summed E-state index contributed by atoms with van der Waals surface area (Å²) in [7, 11) is 0. The molecule has 2 aromatic rings. The van der Waals surface area contributed by atoms with E-state index < -0.39 is 11.9 Å². The Labute approximate surface area is 123 Å². The van der Waals surface area contributed by atoms with Crippen molar-refractivity contribution in [3.63, 3.8) is 0 Å². The molecule has 4 nitrogen and oxygen atoms in total. The maximum Gasteiger partial charge on any atom is 0.310 e. The standard InChI is InChI=1S/C15H17ClN2O2/c1-9(15(19)20)13-6-4-12(5-7-13)8-18-11(3)14(16)10(2)17-18/h4-7,9H,8H2,1-3H3,(H,19,20). The highest BCUT2D eigenvalue weighted by molar-refractivity contribution is 6.31.